The Labute approximate surface area is 127 Å². The molecule has 21 heavy (non-hydrogen) atoms. The van der Waals surface area contributed by atoms with Crippen LogP contribution in [0, 0.1) is 6.92 Å². The normalized spacial score (nSPS) is 10.0. The van der Waals surface area contributed by atoms with E-state index in [1.807, 2.05) is 13.0 Å². The minimum atomic E-state index is -0.357. The number of anilines is 1. The Morgan fingerprint density at radius 3 is 2.67 bits per heavy atom. The van der Waals surface area contributed by atoms with Gasteiger partial charge in [-0.1, -0.05) is 23.7 Å². The molecule has 0 radical (unpaired) electrons. The predicted molar refractivity (Wildman–Crippen MR) is 81.4 cm³/mol. The number of nitrogens with one attached hydrogen (secondary N) is 2. The van der Waals surface area contributed by atoms with Gasteiger partial charge in [0.15, 0.2) is 0 Å². The fraction of sp³-hybridized carbons (Fsp3) is 0.133. The summed E-state index contributed by atoms with van der Waals surface area (Å²) in [4.78, 5) is 27.7. The summed E-state index contributed by atoms with van der Waals surface area (Å²) in [5.74, 6) is -0.245. The van der Waals surface area contributed by atoms with Crippen LogP contribution in [0.15, 0.2) is 42.5 Å². The Morgan fingerprint density at radius 2 is 1.95 bits per heavy atom. The van der Waals surface area contributed by atoms with Crippen molar-refractivity contribution in [1.82, 2.24) is 10.3 Å². The molecule has 2 rings (SSSR count). The molecule has 2 N–H and O–H groups in total. The van der Waals surface area contributed by atoms with Crippen LogP contribution in [0.1, 0.15) is 16.1 Å². The number of hydrogen-bond acceptors (Lipinski definition) is 3. The van der Waals surface area contributed by atoms with Crippen molar-refractivity contribution in [2.24, 2.45) is 0 Å². The number of halogens is 1. The summed E-state index contributed by atoms with van der Waals surface area (Å²) in [5, 5.41) is 5.60. The monoisotopic (exact) mass is 303 g/mol. The van der Waals surface area contributed by atoms with Gasteiger partial charge in [0.1, 0.15) is 5.82 Å². The summed E-state index contributed by atoms with van der Waals surface area (Å²) in [6, 6.07) is 11.8. The van der Waals surface area contributed by atoms with Crippen LogP contribution in [-0.2, 0) is 4.79 Å². The standard InChI is InChI=1S/C15H14ClN3O2/c1-10-4-2-7-13(18-10)19-14(20)9-17-15(21)11-5-3-6-12(16)8-11/h2-8H,9H2,1H3,(H,17,21)(H,18,19,20). The highest BCUT2D eigenvalue weighted by Crippen LogP contribution is 2.10. The molecule has 1 aromatic carbocycles. The quantitative estimate of drug-likeness (QED) is 0.911. The smallest absolute Gasteiger partial charge is 0.251 e. The number of benzene rings is 1. The van der Waals surface area contributed by atoms with Crippen molar-refractivity contribution >= 4 is 29.2 Å². The number of carbonyl (C=O) groups excluding carboxylic acids is 2. The van der Waals surface area contributed by atoms with Gasteiger partial charge >= 0.3 is 0 Å². The zero-order chi connectivity index (χ0) is 15.2. The largest absolute Gasteiger partial charge is 0.343 e. The van der Waals surface area contributed by atoms with Crippen LogP contribution in [0.25, 0.3) is 0 Å². The number of amides is 2. The summed E-state index contributed by atoms with van der Waals surface area (Å²) in [7, 11) is 0. The van der Waals surface area contributed by atoms with Crippen molar-refractivity contribution in [2.75, 3.05) is 11.9 Å². The molecule has 2 amide bonds. The Bertz CT molecular complexity index is 673. The minimum absolute atomic E-state index is 0.138. The van der Waals surface area contributed by atoms with Crippen LogP contribution in [0.4, 0.5) is 5.82 Å². The van der Waals surface area contributed by atoms with Crippen molar-refractivity contribution in [1.29, 1.82) is 0 Å². The third-order valence-electron chi connectivity index (χ3n) is 2.65. The van der Waals surface area contributed by atoms with E-state index in [0.29, 0.717) is 16.4 Å². The van der Waals surface area contributed by atoms with Crippen LogP contribution in [0.3, 0.4) is 0 Å². The minimum Gasteiger partial charge on any atom is -0.343 e. The Hall–Kier alpha value is -2.40. The Balaban J connectivity index is 1.88. The van der Waals surface area contributed by atoms with E-state index in [4.69, 9.17) is 11.6 Å². The van der Waals surface area contributed by atoms with Crippen LogP contribution in [-0.4, -0.2) is 23.3 Å². The molecule has 0 saturated heterocycles. The first kappa shape index (κ1) is 15.0. The predicted octanol–water partition coefficient (Wildman–Crippen LogP) is 2.41. The third kappa shape index (κ3) is 4.57. The number of hydrogen-bond donors (Lipinski definition) is 2. The van der Waals surface area contributed by atoms with E-state index in [0.717, 1.165) is 5.69 Å². The maximum atomic E-state index is 11.8. The number of aromatic nitrogens is 1. The molecule has 0 fully saturated rings. The van der Waals surface area contributed by atoms with Gasteiger partial charge in [-0.2, -0.15) is 0 Å². The average Bonchev–Trinajstić information content (AvgIpc) is 2.45. The highest BCUT2D eigenvalue weighted by molar-refractivity contribution is 6.31. The second-order valence-electron chi connectivity index (χ2n) is 4.41. The molecule has 1 heterocycles. The topological polar surface area (TPSA) is 71.1 Å². The summed E-state index contributed by atoms with van der Waals surface area (Å²) >= 11 is 5.81. The first-order chi connectivity index (χ1) is 10.0. The second-order valence-corrected chi connectivity index (χ2v) is 4.84. The number of pyridine rings is 1. The lowest BCUT2D eigenvalue weighted by Gasteiger charge is -2.07. The van der Waals surface area contributed by atoms with Gasteiger partial charge in [-0.3, -0.25) is 9.59 Å². The van der Waals surface area contributed by atoms with E-state index in [1.165, 1.54) is 6.07 Å². The summed E-state index contributed by atoms with van der Waals surface area (Å²) in [5.41, 5.74) is 1.21. The molecule has 5 nitrogen and oxygen atoms in total. The zero-order valence-electron chi connectivity index (χ0n) is 11.4. The molecule has 0 aliphatic heterocycles. The van der Waals surface area contributed by atoms with E-state index < -0.39 is 0 Å². The highest BCUT2D eigenvalue weighted by atomic mass is 35.5. The average molecular weight is 304 g/mol. The zero-order valence-corrected chi connectivity index (χ0v) is 12.1. The lowest BCUT2D eigenvalue weighted by atomic mass is 10.2. The molecule has 0 spiro atoms. The molecule has 0 unspecified atom stereocenters. The van der Waals surface area contributed by atoms with Crippen LogP contribution < -0.4 is 10.6 Å². The molecular formula is C15H14ClN3O2. The van der Waals surface area contributed by atoms with Gasteiger partial charge in [-0.15, -0.1) is 0 Å². The van der Waals surface area contributed by atoms with Crippen molar-refractivity contribution < 1.29 is 9.59 Å². The molecule has 0 saturated carbocycles. The summed E-state index contributed by atoms with van der Waals surface area (Å²) in [6.07, 6.45) is 0. The van der Waals surface area contributed by atoms with Gasteiger partial charge in [-0.05, 0) is 37.3 Å². The van der Waals surface area contributed by atoms with Crippen molar-refractivity contribution in [2.45, 2.75) is 6.92 Å². The van der Waals surface area contributed by atoms with E-state index in [1.54, 1.807) is 30.3 Å². The van der Waals surface area contributed by atoms with E-state index >= 15 is 0 Å². The number of carbonyl (C=O) groups is 2. The highest BCUT2D eigenvalue weighted by Gasteiger charge is 2.09. The third-order valence-corrected chi connectivity index (χ3v) is 2.89. The summed E-state index contributed by atoms with van der Waals surface area (Å²) < 4.78 is 0. The van der Waals surface area contributed by atoms with Gasteiger partial charge in [0.25, 0.3) is 5.91 Å². The van der Waals surface area contributed by atoms with Gasteiger partial charge in [0.2, 0.25) is 5.91 Å². The van der Waals surface area contributed by atoms with E-state index in [2.05, 4.69) is 15.6 Å². The van der Waals surface area contributed by atoms with Crippen LogP contribution in [0.5, 0.6) is 0 Å². The van der Waals surface area contributed by atoms with E-state index in [-0.39, 0.29) is 18.4 Å². The fourth-order valence-electron chi connectivity index (χ4n) is 1.69. The molecular weight excluding hydrogens is 290 g/mol. The summed E-state index contributed by atoms with van der Waals surface area (Å²) in [6.45, 7) is 1.69. The number of nitrogens with zero attached hydrogens (tertiary/aromatic N) is 1. The number of aryl methyl sites for hydroxylation is 1. The van der Waals surface area contributed by atoms with Gasteiger partial charge in [0.05, 0.1) is 6.54 Å². The van der Waals surface area contributed by atoms with Crippen LogP contribution >= 0.6 is 11.6 Å². The second kappa shape index (κ2) is 6.85. The lowest BCUT2D eigenvalue weighted by Crippen LogP contribution is -2.33. The lowest BCUT2D eigenvalue weighted by molar-refractivity contribution is -0.115. The molecule has 0 atom stereocenters. The molecule has 0 bridgehead atoms. The molecule has 1 aromatic heterocycles. The van der Waals surface area contributed by atoms with Gasteiger partial charge < -0.3 is 10.6 Å². The molecule has 0 aliphatic carbocycles. The Kier molecular flexibility index (Phi) is 4.90. The Morgan fingerprint density at radius 1 is 1.19 bits per heavy atom. The number of rotatable bonds is 4. The van der Waals surface area contributed by atoms with Gasteiger partial charge in [0, 0.05) is 16.3 Å². The SMILES string of the molecule is Cc1cccc(NC(=O)CNC(=O)c2cccc(Cl)c2)n1. The van der Waals surface area contributed by atoms with Crippen LogP contribution in [0.2, 0.25) is 5.02 Å². The van der Waals surface area contributed by atoms with Crippen molar-refractivity contribution in [3.05, 3.63) is 58.7 Å². The molecule has 108 valence electrons. The van der Waals surface area contributed by atoms with Crippen molar-refractivity contribution in [3.63, 3.8) is 0 Å². The molecule has 0 aliphatic rings. The first-order valence-corrected chi connectivity index (χ1v) is 6.69. The fourth-order valence-corrected chi connectivity index (χ4v) is 1.88. The first-order valence-electron chi connectivity index (χ1n) is 6.32. The molecule has 2 aromatic rings. The van der Waals surface area contributed by atoms with Crippen molar-refractivity contribution in [3.8, 4) is 0 Å². The maximum Gasteiger partial charge on any atom is 0.251 e. The molecule has 6 heteroatoms. The van der Waals surface area contributed by atoms with E-state index in [9.17, 15) is 9.59 Å². The van der Waals surface area contributed by atoms with Gasteiger partial charge in [-0.25, -0.2) is 4.98 Å². The maximum absolute atomic E-state index is 11.8.